The van der Waals surface area contributed by atoms with E-state index in [1.807, 2.05) is 12.1 Å². The van der Waals surface area contributed by atoms with Gasteiger partial charge in [0.1, 0.15) is 12.4 Å². The van der Waals surface area contributed by atoms with Gasteiger partial charge in [0.25, 0.3) is 0 Å². The fourth-order valence-corrected chi connectivity index (χ4v) is 2.59. The number of hydrogen-bond acceptors (Lipinski definition) is 3. The topological polar surface area (TPSA) is 30.5 Å². The summed E-state index contributed by atoms with van der Waals surface area (Å²) >= 11 is 0. The lowest BCUT2D eigenvalue weighted by Gasteiger charge is -2.23. The molecule has 1 aromatic rings. The van der Waals surface area contributed by atoms with E-state index in [0.717, 1.165) is 18.8 Å². The number of benzene rings is 1. The van der Waals surface area contributed by atoms with Crippen LogP contribution in [0.5, 0.6) is 5.75 Å². The van der Waals surface area contributed by atoms with E-state index < -0.39 is 0 Å². The maximum absolute atomic E-state index is 5.77. The number of hydrogen-bond donors (Lipinski definition) is 1. The molecule has 0 spiro atoms. The summed E-state index contributed by atoms with van der Waals surface area (Å²) in [6.45, 7) is 7.49. The third-order valence-electron chi connectivity index (χ3n) is 4.06. The van der Waals surface area contributed by atoms with Gasteiger partial charge in [-0.2, -0.15) is 0 Å². The summed E-state index contributed by atoms with van der Waals surface area (Å²) in [5.74, 6) is 0.975. The highest BCUT2D eigenvalue weighted by Gasteiger charge is 2.11. The number of aryl methyl sites for hydroxylation is 1. The van der Waals surface area contributed by atoms with Crippen LogP contribution >= 0.6 is 0 Å². The summed E-state index contributed by atoms with van der Waals surface area (Å²) in [5, 5.41) is 3.54. The van der Waals surface area contributed by atoms with Gasteiger partial charge in [0.15, 0.2) is 0 Å². The monoisotopic (exact) mass is 277 g/mol. The first-order chi connectivity index (χ1) is 9.77. The van der Waals surface area contributed by atoms with Crippen molar-refractivity contribution in [2.45, 2.75) is 45.6 Å². The van der Waals surface area contributed by atoms with Gasteiger partial charge in [-0.3, -0.25) is 0 Å². The van der Waals surface area contributed by atoms with Gasteiger partial charge in [-0.25, -0.2) is 0 Å². The van der Waals surface area contributed by atoms with Crippen molar-refractivity contribution >= 4 is 0 Å². The zero-order valence-electron chi connectivity index (χ0n) is 12.8. The van der Waals surface area contributed by atoms with Crippen LogP contribution in [-0.2, 0) is 4.74 Å². The van der Waals surface area contributed by atoms with Gasteiger partial charge in [-0.15, -0.1) is 0 Å². The molecule has 0 radical (unpaired) electrons. The molecule has 1 unspecified atom stereocenters. The molecule has 1 N–H and O–H groups in total. The van der Waals surface area contributed by atoms with E-state index in [1.54, 1.807) is 0 Å². The average molecular weight is 277 g/mol. The minimum Gasteiger partial charge on any atom is -0.491 e. The first kappa shape index (κ1) is 15.3. The summed E-state index contributed by atoms with van der Waals surface area (Å²) in [5.41, 5.74) is 2.49. The lowest BCUT2D eigenvalue weighted by atomic mass is 10.0. The summed E-state index contributed by atoms with van der Waals surface area (Å²) in [7, 11) is 0. The maximum atomic E-state index is 5.77. The highest BCUT2D eigenvalue weighted by molar-refractivity contribution is 5.38. The Kier molecular flexibility index (Phi) is 6.34. The Labute approximate surface area is 122 Å². The van der Waals surface area contributed by atoms with Crippen molar-refractivity contribution in [2.75, 3.05) is 26.4 Å². The molecule has 112 valence electrons. The number of piperidine rings is 1. The molecule has 1 fully saturated rings. The molecule has 0 aliphatic carbocycles. The van der Waals surface area contributed by atoms with Crippen LogP contribution < -0.4 is 10.1 Å². The van der Waals surface area contributed by atoms with Crippen LogP contribution in [0, 0.1) is 13.8 Å². The first-order valence-corrected chi connectivity index (χ1v) is 7.77. The molecule has 0 saturated carbocycles. The molecule has 3 heteroatoms. The average Bonchev–Trinajstić information content (AvgIpc) is 2.48. The van der Waals surface area contributed by atoms with Crippen molar-refractivity contribution in [3.8, 4) is 5.75 Å². The van der Waals surface area contributed by atoms with Crippen LogP contribution in [0.15, 0.2) is 18.2 Å². The fourth-order valence-electron chi connectivity index (χ4n) is 2.59. The number of rotatable bonds is 7. The van der Waals surface area contributed by atoms with Crippen molar-refractivity contribution in [1.29, 1.82) is 0 Å². The normalized spacial score (nSPS) is 19.0. The van der Waals surface area contributed by atoms with Crippen LogP contribution in [0.1, 0.15) is 36.8 Å². The van der Waals surface area contributed by atoms with Crippen molar-refractivity contribution in [3.05, 3.63) is 29.3 Å². The van der Waals surface area contributed by atoms with Crippen molar-refractivity contribution in [1.82, 2.24) is 5.32 Å². The third kappa shape index (κ3) is 4.80. The van der Waals surface area contributed by atoms with Gasteiger partial charge >= 0.3 is 0 Å². The smallest absolute Gasteiger partial charge is 0.122 e. The van der Waals surface area contributed by atoms with Gasteiger partial charge in [-0.05, 0) is 56.8 Å². The molecule has 1 saturated heterocycles. The van der Waals surface area contributed by atoms with E-state index in [2.05, 4.69) is 25.2 Å². The van der Waals surface area contributed by atoms with E-state index in [9.17, 15) is 0 Å². The van der Waals surface area contributed by atoms with Gasteiger partial charge in [-0.1, -0.05) is 18.6 Å². The van der Waals surface area contributed by atoms with E-state index >= 15 is 0 Å². The molecule has 1 aliphatic heterocycles. The van der Waals surface area contributed by atoms with E-state index in [1.165, 1.54) is 36.9 Å². The van der Waals surface area contributed by atoms with E-state index in [0.29, 0.717) is 19.3 Å². The zero-order chi connectivity index (χ0) is 14.2. The molecule has 2 rings (SSSR count). The van der Waals surface area contributed by atoms with Crippen LogP contribution in [0.4, 0.5) is 0 Å². The second-order valence-electron chi connectivity index (χ2n) is 5.59. The Bertz CT molecular complexity index is 400. The molecule has 1 atom stereocenters. The molecule has 0 amide bonds. The van der Waals surface area contributed by atoms with Crippen molar-refractivity contribution in [3.63, 3.8) is 0 Å². The van der Waals surface area contributed by atoms with Gasteiger partial charge in [0, 0.05) is 12.6 Å². The number of ether oxygens (including phenoxy) is 2. The predicted molar refractivity (Wildman–Crippen MR) is 82.5 cm³/mol. The largest absolute Gasteiger partial charge is 0.491 e. The molecular formula is C17H27NO2. The highest BCUT2D eigenvalue weighted by Crippen LogP contribution is 2.20. The highest BCUT2D eigenvalue weighted by atomic mass is 16.5. The molecule has 3 nitrogen and oxygen atoms in total. The second-order valence-corrected chi connectivity index (χ2v) is 5.59. The molecular weight excluding hydrogens is 250 g/mol. The van der Waals surface area contributed by atoms with Gasteiger partial charge in [0.05, 0.1) is 6.61 Å². The minimum atomic E-state index is 0.627. The summed E-state index contributed by atoms with van der Waals surface area (Å²) in [4.78, 5) is 0. The number of nitrogens with one attached hydrogen (secondary N) is 1. The fraction of sp³-hybridized carbons (Fsp3) is 0.647. The van der Waals surface area contributed by atoms with E-state index in [-0.39, 0.29) is 0 Å². The van der Waals surface area contributed by atoms with Crippen molar-refractivity contribution < 1.29 is 9.47 Å². The lowest BCUT2D eigenvalue weighted by Crippen LogP contribution is -2.34. The lowest BCUT2D eigenvalue weighted by molar-refractivity contribution is 0.0909. The van der Waals surface area contributed by atoms with Crippen LogP contribution in [0.3, 0.4) is 0 Å². The van der Waals surface area contributed by atoms with Crippen LogP contribution in [0.2, 0.25) is 0 Å². The summed E-state index contributed by atoms with van der Waals surface area (Å²) in [6.07, 6.45) is 5.08. The minimum absolute atomic E-state index is 0.627. The quantitative estimate of drug-likeness (QED) is 0.776. The Morgan fingerprint density at radius 1 is 1.15 bits per heavy atom. The second kappa shape index (κ2) is 8.28. The van der Waals surface area contributed by atoms with Crippen LogP contribution in [0.25, 0.3) is 0 Å². The van der Waals surface area contributed by atoms with Crippen molar-refractivity contribution in [2.24, 2.45) is 0 Å². The molecule has 0 bridgehead atoms. The Hall–Kier alpha value is -1.06. The Morgan fingerprint density at radius 2 is 2.05 bits per heavy atom. The molecule has 20 heavy (non-hydrogen) atoms. The predicted octanol–water partition coefficient (Wildman–Crippen LogP) is 3.23. The van der Waals surface area contributed by atoms with Crippen LogP contribution in [-0.4, -0.2) is 32.4 Å². The van der Waals surface area contributed by atoms with Gasteiger partial charge in [0.2, 0.25) is 0 Å². The first-order valence-electron chi connectivity index (χ1n) is 7.77. The summed E-state index contributed by atoms with van der Waals surface area (Å²) < 4.78 is 11.4. The standard InChI is InChI=1S/C17H27NO2/c1-14-6-5-8-17(15(14)2)20-13-12-19-11-9-16-7-3-4-10-18-16/h5-6,8,16,18H,3-4,7,9-13H2,1-2H3. The maximum Gasteiger partial charge on any atom is 0.122 e. The molecule has 0 aromatic heterocycles. The Morgan fingerprint density at radius 3 is 2.85 bits per heavy atom. The summed E-state index contributed by atoms with van der Waals surface area (Å²) in [6, 6.07) is 6.82. The molecule has 1 heterocycles. The molecule has 1 aromatic carbocycles. The van der Waals surface area contributed by atoms with E-state index in [4.69, 9.17) is 9.47 Å². The Balaban J connectivity index is 1.56. The van der Waals surface area contributed by atoms with Gasteiger partial charge < -0.3 is 14.8 Å². The zero-order valence-corrected chi connectivity index (χ0v) is 12.8. The SMILES string of the molecule is Cc1cccc(OCCOCCC2CCCCN2)c1C. The third-order valence-corrected chi connectivity index (χ3v) is 4.06. The molecule has 1 aliphatic rings.